The van der Waals surface area contributed by atoms with Crippen LogP contribution in [-0.4, -0.2) is 21.1 Å². The number of nitrogens with one attached hydrogen (secondary N) is 1. The summed E-state index contributed by atoms with van der Waals surface area (Å²) in [5.41, 5.74) is 1.78. The van der Waals surface area contributed by atoms with Gasteiger partial charge in [0, 0.05) is 4.47 Å². The highest BCUT2D eigenvalue weighted by Gasteiger charge is 2.24. The van der Waals surface area contributed by atoms with Gasteiger partial charge in [0.2, 0.25) is 10.0 Å². The summed E-state index contributed by atoms with van der Waals surface area (Å²) in [6, 6.07) is 14.7. The first-order chi connectivity index (χ1) is 10.5. The van der Waals surface area contributed by atoms with Crippen LogP contribution < -0.4 is 9.46 Å². The van der Waals surface area contributed by atoms with E-state index in [4.69, 9.17) is 4.74 Å². The van der Waals surface area contributed by atoms with Crippen molar-refractivity contribution in [1.82, 2.24) is 4.72 Å². The van der Waals surface area contributed by atoms with Crippen molar-refractivity contribution < 1.29 is 13.2 Å². The number of halogens is 1. The molecule has 0 saturated carbocycles. The molecule has 1 heterocycles. The Kier molecular flexibility index (Phi) is 4.52. The Morgan fingerprint density at radius 3 is 2.73 bits per heavy atom. The smallest absolute Gasteiger partial charge is 0.216 e. The fourth-order valence-corrected chi connectivity index (χ4v) is 4.31. The number of benzene rings is 2. The van der Waals surface area contributed by atoms with Crippen LogP contribution in [0.25, 0.3) is 0 Å². The highest BCUT2D eigenvalue weighted by atomic mass is 79.9. The van der Waals surface area contributed by atoms with E-state index in [9.17, 15) is 8.42 Å². The van der Waals surface area contributed by atoms with Gasteiger partial charge >= 0.3 is 0 Å². The molecule has 1 atom stereocenters. The van der Waals surface area contributed by atoms with Crippen LogP contribution >= 0.6 is 15.9 Å². The lowest BCUT2D eigenvalue weighted by Gasteiger charge is -2.26. The van der Waals surface area contributed by atoms with Gasteiger partial charge in [-0.15, -0.1) is 0 Å². The minimum atomic E-state index is -3.39. The second-order valence-corrected chi connectivity index (χ2v) is 8.00. The maximum Gasteiger partial charge on any atom is 0.216 e. The second-order valence-electron chi connectivity index (χ2n) is 5.33. The normalized spacial score (nSPS) is 17.6. The van der Waals surface area contributed by atoms with Crippen LogP contribution in [0.2, 0.25) is 0 Å². The Balaban J connectivity index is 1.69. The van der Waals surface area contributed by atoms with Crippen LogP contribution in [-0.2, 0) is 22.2 Å². The number of sulfonamides is 1. The molecule has 0 saturated heterocycles. The SMILES string of the molecule is O=S(=O)(Cc1ccccc1)NC1COc2ccc(Br)cc2C1. The van der Waals surface area contributed by atoms with Gasteiger partial charge in [-0.25, -0.2) is 13.1 Å². The molecule has 0 bridgehead atoms. The van der Waals surface area contributed by atoms with Gasteiger partial charge in [0.05, 0.1) is 11.8 Å². The minimum Gasteiger partial charge on any atom is -0.492 e. The molecule has 2 aromatic carbocycles. The molecule has 6 heteroatoms. The Hall–Kier alpha value is -1.37. The highest BCUT2D eigenvalue weighted by molar-refractivity contribution is 9.10. The predicted molar refractivity (Wildman–Crippen MR) is 89.3 cm³/mol. The lowest BCUT2D eigenvalue weighted by Crippen LogP contribution is -2.43. The van der Waals surface area contributed by atoms with E-state index in [1.807, 2.05) is 48.5 Å². The zero-order chi connectivity index (χ0) is 15.6. The second kappa shape index (κ2) is 6.40. The van der Waals surface area contributed by atoms with E-state index in [1.165, 1.54) is 0 Å². The molecule has 1 N–H and O–H groups in total. The van der Waals surface area contributed by atoms with Crippen LogP contribution in [0.15, 0.2) is 53.0 Å². The molecule has 4 nitrogen and oxygen atoms in total. The summed E-state index contributed by atoms with van der Waals surface area (Å²) in [7, 11) is -3.39. The molecular formula is C16H16BrNO3S. The standard InChI is InChI=1S/C16H16BrNO3S/c17-14-6-7-16-13(8-14)9-15(10-21-16)18-22(19,20)11-12-4-2-1-3-5-12/h1-8,15,18H,9-11H2. The first-order valence-corrected chi connectivity index (χ1v) is 9.41. The summed E-state index contributed by atoms with van der Waals surface area (Å²) in [6.45, 7) is 0.350. The van der Waals surface area contributed by atoms with Gasteiger partial charge < -0.3 is 4.74 Å². The highest BCUT2D eigenvalue weighted by Crippen LogP contribution is 2.28. The third-order valence-corrected chi connectivity index (χ3v) is 5.37. The Bertz CT molecular complexity index is 762. The molecular weight excluding hydrogens is 366 g/mol. The summed E-state index contributed by atoms with van der Waals surface area (Å²) < 4.78 is 33.9. The van der Waals surface area contributed by atoms with E-state index in [-0.39, 0.29) is 11.8 Å². The summed E-state index contributed by atoms with van der Waals surface area (Å²) in [4.78, 5) is 0. The number of fused-ring (bicyclic) bond motifs is 1. The average Bonchev–Trinajstić information content (AvgIpc) is 2.46. The molecule has 0 fully saturated rings. The lowest BCUT2D eigenvalue weighted by molar-refractivity contribution is 0.254. The van der Waals surface area contributed by atoms with Crippen LogP contribution in [0.1, 0.15) is 11.1 Å². The molecule has 22 heavy (non-hydrogen) atoms. The lowest BCUT2D eigenvalue weighted by atomic mass is 10.0. The minimum absolute atomic E-state index is 0.0182. The van der Waals surface area contributed by atoms with E-state index < -0.39 is 10.0 Å². The fourth-order valence-electron chi connectivity index (χ4n) is 2.53. The predicted octanol–water partition coefficient (Wildman–Crippen LogP) is 2.87. The van der Waals surface area contributed by atoms with Crippen molar-refractivity contribution in [3.05, 3.63) is 64.1 Å². The molecule has 0 amide bonds. The van der Waals surface area contributed by atoms with Crippen LogP contribution in [0.4, 0.5) is 0 Å². The third-order valence-electron chi connectivity index (χ3n) is 3.47. The van der Waals surface area contributed by atoms with Crippen molar-refractivity contribution in [3.63, 3.8) is 0 Å². The first kappa shape index (κ1) is 15.5. The van der Waals surface area contributed by atoms with Gasteiger partial charge in [-0.2, -0.15) is 0 Å². The van der Waals surface area contributed by atoms with Gasteiger partial charge in [0.1, 0.15) is 12.4 Å². The average molecular weight is 382 g/mol. The van der Waals surface area contributed by atoms with Crippen molar-refractivity contribution >= 4 is 26.0 Å². The van der Waals surface area contributed by atoms with Crippen molar-refractivity contribution in [3.8, 4) is 5.75 Å². The van der Waals surface area contributed by atoms with E-state index in [0.29, 0.717) is 13.0 Å². The van der Waals surface area contributed by atoms with Gasteiger partial charge in [-0.1, -0.05) is 46.3 Å². The van der Waals surface area contributed by atoms with Crippen molar-refractivity contribution in [2.45, 2.75) is 18.2 Å². The van der Waals surface area contributed by atoms with Gasteiger partial charge in [0.15, 0.2) is 0 Å². The number of hydrogen-bond donors (Lipinski definition) is 1. The Morgan fingerprint density at radius 2 is 1.95 bits per heavy atom. The number of hydrogen-bond acceptors (Lipinski definition) is 3. The van der Waals surface area contributed by atoms with Crippen molar-refractivity contribution in [2.24, 2.45) is 0 Å². The number of rotatable bonds is 4. The van der Waals surface area contributed by atoms with Crippen LogP contribution in [0.5, 0.6) is 5.75 Å². The van der Waals surface area contributed by atoms with Gasteiger partial charge in [0.25, 0.3) is 0 Å². The first-order valence-electron chi connectivity index (χ1n) is 6.97. The zero-order valence-electron chi connectivity index (χ0n) is 11.8. The van der Waals surface area contributed by atoms with Gasteiger partial charge in [-0.05, 0) is 35.7 Å². The zero-order valence-corrected chi connectivity index (χ0v) is 14.2. The van der Waals surface area contributed by atoms with E-state index in [1.54, 1.807) is 0 Å². The largest absolute Gasteiger partial charge is 0.492 e. The molecule has 2 aromatic rings. The van der Waals surface area contributed by atoms with Crippen LogP contribution in [0, 0.1) is 0 Å². The molecule has 0 aromatic heterocycles. The molecule has 0 spiro atoms. The quantitative estimate of drug-likeness (QED) is 0.885. The maximum atomic E-state index is 12.3. The fraction of sp³-hybridized carbons (Fsp3) is 0.250. The summed E-state index contributed by atoms with van der Waals surface area (Å²) in [5, 5.41) is 0. The third kappa shape index (κ3) is 3.88. The van der Waals surface area contributed by atoms with E-state index in [2.05, 4.69) is 20.7 Å². The van der Waals surface area contributed by atoms with Crippen molar-refractivity contribution in [1.29, 1.82) is 0 Å². The molecule has 3 rings (SSSR count). The van der Waals surface area contributed by atoms with E-state index >= 15 is 0 Å². The van der Waals surface area contributed by atoms with Crippen molar-refractivity contribution in [2.75, 3.05) is 6.61 Å². The van der Waals surface area contributed by atoms with Crippen LogP contribution in [0.3, 0.4) is 0 Å². The topological polar surface area (TPSA) is 55.4 Å². The molecule has 1 aliphatic heterocycles. The summed E-state index contributed by atoms with van der Waals surface area (Å²) in [6.07, 6.45) is 0.628. The van der Waals surface area contributed by atoms with Gasteiger partial charge in [-0.3, -0.25) is 0 Å². The monoisotopic (exact) mass is 381 g/mol. The molecule has 116 valence electrons. The molecule has 0 radical (unpaired) electrons. The molecule has 0 aliphatic carbocycles. The number of ether oxygens (including phenoxy) is 1. The Labute approximate surface area is 138 Å². The summed E-state index contributed by atoms with van der Waals surface area (Å²) in [5.74, 6) is 0.803. The Morgan fingerprint density at radius 1 is 1.18 bits per heavy atom. The maximum absolute atomic E-state index is 12.3. The van der Waals surface area contributed by atoms with E-state index in [0.717, 1.165) is 21.3 Å². The molecule has 1 unspecified atom stereocenters. The summed E-state index contributed by atoms with van der Waals surface area (Å²) >= 11 is 3.42. The molecule has 1 aliphatic rings.